The maximum Gasteiger partial charge on any atom is 0.315 e. The molecule has 110 valence electrons. The summed E-state index contributed by atoms with van der Waals surface area (Å²) >= 11 is 1.84. The smallest absolute Gasteiger partial charge is 0.315 e. The van der Waals surface area contributed by atoms with Crippen LogP contribution in [0.15, 0.2) is 0 Å². The highest BCUT2D eigenvalue weighted by Gasteiger charge is 2.25. The molecule has 1 fully saturated rings. The molecular formula is C13H24N2O3S. The third-order valence-electron chi connectivity index (χ3n) is 3.45. The molecule has 1 saturated carbocycles. The summed E-state index contributed by atoms with van der Waals surface area (Å²) in [5, 5.41) is 15.2. The van der Waals surface area contributed by atoms with Crippen LogP contribution in [0.1, 0.15) is 45.4 Å². The fourth-order valence-corrected chi connectivity index (χ4v) is 3.28. The number of carboxylic acid groups (broad SMARTS) is 1. The van der Waals surface area contributed by atoms with Gasteiger partial charge < -0.3 is 15.7 Å². The van der Waals surface area contributed by atoms with Gasteiger partial charge in [-0.25, -0.2) is 4.79 Å². The predicted molar refractivity (Wildman–Crippen MR) is 77.6 cm³/mol. The van der Waals surface area contributed by atoms with Crippen LogP contribution in [0, 0.1) is 0 Å². The SMILES string of the molecule is CCCC(CC(=O)O)NC(=O)NC1CCC(SC)C1. The van der Waals surface area contributed by atoms with Crippen LogP contribution < -0.4 is 10.6 Å². The fraction of sp³-hybridized carbons (Fsp3) is 0.846. The summed E-state index contributed by atoms with van der Waals surface area (Å²) in [6.07, 6.45) is 6.78. The second-order valence-electron chi connectivity index (χ2n) is 5.07. The van der Waals surface area contributed by atoms with E-state index in [2.05, 4.69) is 16.9 Å². The minimum absolute atomic E-state index is 0.0145. The van der Waals surface area contributed by atoms with Gasteiger partial charge in [-0.15, -0.1) is 0 Å². The molecule has 3 N–H and O–H groups in total. The van der Waals surface area contributed by atoms with Gasteiger partial charge in [0.05, 0.1) is 6.42 Å². The lowest BCUT2D eigenvalue weighted by atomic mass is 10.1. The first kappa shape index (κ1) is 16.1. The molecule has 2 amide bonds. The van der Waals surface area contributed by atoms with Crippen molar-refractivity contribution in [3.05, 3.63) is 0 Å². The molecule has 1 aliphatic carbocycles. The van der Waals surface area contributed by atoms with Crippen molar-refractivity contribution in [3.8, 4) is 0 Å². The van der Waals surface area contributed by atoms with Crippen molar-refractivity contribution in [1.29, 1.82) is 0 Å². The minimum atomic E-state index is -0.873. The van der Waals surface area contributed by atoms with E-state index in [-0.39, 0.29) is 24.5 Å². The number of carbonyl (C=O) groups is 2. The summed E-state index contributed by atoms with van der Waals surface area (Å²) in [4.78, 5) is 22.6. The molecule has 0 aromatic rings. The number of hydrogen-bond donors (Lipinski definition) is 3. The summed E-state index contributed by atoms with van der Waals surface area (Å²) in [7, 11) is 0. The van der Waals surface area contributed by atoms with Crippen LogP contribution in [0.5, 0.6) is 0 Å². The molecule has 3 unspecified atom stereocenters. The Morgan fingerprint density at radius 3 is 2.68 bits per heavy atom. The van der Waals surface area contributed by atoms with Crippen molar-refractivity contribution in [2.75, 3.05) is 6.26 Å². The molecule has 6 heteroatoms. The van der Waals surface area contributed by atoms with Gasteiger partial charge in [-0.2, -0.15) is 11.8 Å². The van der Waals surface area contributed by atoms with Crippen LogP contribution in [-0.2, 0) is 4.79 Å². The Morgan fingerprint density at radius 2 is 2.16 bits per heavy atom. The van der Waals surface area contributed by atoms with Gasteiger partial charge in [-0.3, -0.25) is 4.79 Å². The topological polar surface area (TPSA) is 78.4 Å². The molecule has 5 nitrogen and oxygen atoms in total. The average Bonchev–Trinajstić information content (AvgIpc) is 2.75. The van der Waals surface area contributed by atoms with Crippen molar-refractivity contribution in [2.24, 2.45) is 0 Å². The number of aliphatic carboxylic acids is 1. The van der Waals surface area contributed by atoms with E-state index >= 15 is 0 Å². The van der Waals surface area contributed by atoms with Crippen LogP contribution in [0.3, 0.4) is 0 Å². The minimum Gasteiger partial charge on any atom is -0.481 e. The van der Waals surface area contributed by atoms with Crippen molar-refractivity contribution in [1.82, 2.24) is 10.6 Å². The van der Waals surface area contributed by atoms with E-state index in [9.17, 15) is 9.59 Å². The van der Waals surface area contributed by atoms with Gasteiger partial charge in [-0.05, 0) is 31.9 Å². The van der Waals surface area contributed by atoms with Crippen molar-refractivity contribution < 1.29 is 14.7 Å². The number of rotatable bonds is 7. The second kappa shape index (κ2) is 8.30. The van der Waals surface area contributed by atoms with Gasteiger partial charge in [0.1, 0.15) is 0 Å². The third kappa shape index (κ3) is 6.18. The lowest BCUT2D eigenvalue weighted by Gasteiger charge is -2.19. The Bertz CT molecular complexity index is 312. The van der Waals surface area contributed by atoms with Crippen LogP contribution in [0.4, 0.5) is 4.79 Å². The number of amides is 2. The highest BCUT2D eigenvalue weighted by Crippen LogP contribution is 2.27. The standard InChI is InChI=1S/C13H24N2O3S/c1-3-4-9(8-12(16)17)14-13(18)15-10-5-6-11(7-10)19-2/h9-11H,3-8H2,1-2H3,(H,16,17)(H2,14,15,18). The van der Waals surface area contributed by atoms with E-state index < -0.39 is 5.97 Å². The zero-order chi connectivity index (χ0) is 14.3. The number of nitrogens with one attached hydrogen (secondary N) is 2. The summed E-state index contributed by atoms with van der Waals surface area (Å²) in [5.41, 5.74) is 0. The first-order chi connectivity index (χ1) is 9.05. The van der Waals surface area contributed by atoms with E-state index in [4.69, 9.17) is 5.11 Å². The highest BCUT2D eigenvalue weighted by molar-refractivity contribution is 7.99. The molecule has 0 aromatic heterocycles. The summed E-state index contributed by atoms with van der Waals surface area (Å²) < 4.78 is 0. The molecule has 0 bridgehead atoms. The first-order valence-electron chi connectivity index (χ1n) is 6.86. The lowest BCUT2D eigenvalue weighted by Crippen LogP contribution is -2.46. The van der Waals surface area contributed by atoms with Crippen LogP contribution in [0.2, 0.25) is 0 Å². The molecule has 0 aliphatic heterocycles. The van der Waals surface area contributed by atoms with Gasteiger partial charge in [0, 0.05) is 17.3 Å². The zero-order valence-electron chi connectivity index (χ0n) is 11.6. The Morgan fingerprint density at radius 1 is 1.42 bits per heavy atom. The zero-order valence-corrected chi connectivity index (χ0v) is 12.5. The van der Waals surface area contributed by atoms with Gasteiger partial charge in [0.2, 0.25) is 0 Å². The molecule has 3 atom stereocenters. The number of thioether (sulfide) groups is 1. The summed E-state index contributed by atoms with van der Waals surface area (Å²) in [5.74, 6) is -0.873. The highest BCUT2D eigenvalue weighted by atomic mass is 32.2. The number of urea groups is 1. The maximum atomic E-state index is 11.8. The largest absolute Gasteiger partial charge is 0.481 e. The van der Waals surface area contributed by atoms with Crippen molar-refractivity contribution in [2.45, 2.75) is 62.8 Å². The number of carboxylic acids is 1. The van der Waals surface area contributed by atoms with E-state index in [1.54, 1.807) is 0 Å². The van der Waals surface area contributed by atoms with E-state index in [0.717, 1.165) is 25.7 Å². The normalized spacial score (nSPS) is 23.9. The van der Waals surface area contributed by atoms with Gasteiger partial charge in [0.25, 0.3) is 0 Å². The van der Waals surface area contributed by atoms with Gasteiger partial charge in [-0.1, -0.05) is 13.3 Å². The van der Waals surface area contributed by atoms with Crippen molar-refractivity contribution in [3.63, 3.8) is 0 Å². The predicted octanol–water partition coefficient (Wildman–Crippen LogP) is 2.21. The third-order valence-corrected chi connectivity index (χ3v) is 4.54. The number of carbonyl (C=O) groups excluding carboxylic acids is 1. The molecule has 0 heterocycles. The van der Waals surface area contributed by atoms with Gasteiger partial charge in [0.15, 0.2) is 0 Å². The summed E-state index contributed by atoms with van der Waals surface area (Å²) in [6.45, 7) is 1.98. The Balaban J connectivity index is 2.33. The van der Waals surface area contributed by atoms with E-state index in [0.29, 0.717) is 11.7 Å². The first-order valence-corrected chi connectivity index (χ1v) is 8.15. The molecule has 0 aromatic carbocycles. The molecule has 19 heavy (non-hydrogen) atoms. The molecule has 0 radical (unpaired) electrons. The Kier molecular flexibility index (Phi) is 7.05. The fourth-order valence-electron chi connectivity index (χ4n) is 2.48. The van der Waals surface area contributed by atoms with Crippen LogP contribution in [0.25, 0.3) is 0 Å². The second-order valence-corrected chi connectivity index (χ2v) is 6.21. The Hall–Kier alpha value is -0.910. The average molecular weight is 288 g/mol. The quantitative estimate of drug-likeness (QED) is 0.671. The summed E-state index contributed by atoms with van der Waals surface area (Å²) in [6, 6.07) is -0.281. The molecule has 1 rings (SSSR count). The van der Waals surface area contributed by atoms with Gasteiger partial charge >= 0.3 is 12.0 Å². The molecule has 0 saturated heterocycles. The van der Waals surface area contributed by atoms with E-state index in [1.807, 2.05) is 18.7 Å². The van der Waals surface area contributed by atoms with Crippen LogP contribution >= 0.6 is 11.8 Å². The molecular weight excluding hydrogens is 264 g/mol. The monoisotopic (exact) mass is 288 g/mol. The van der Waals surface area contributed by atoms with Crippen molar-refractivity contribution >= 4 is 23.8 Å². The lowest BCUT2D eigenvalue weighted by molar-refractivity contribution is -0.137. The van der Waals surface area contributed by atoms with E-state index in [1.165, 1.54) is 0 Å². The molecule has 1 aliphatic rings. The maximum absolute atomic E-state index is 11.8. The Labute approximate surface area is 118 Å². The van der Waals surface area contributed by atoms with Crippen LogP contribution in [-0.4, -0.2) is 40.7 Å². The number of hydrogen-bond acceptors (Lipinski definition) is 3. The molecule has 0 spiro atoms.